The number of Topliss-reactive ketones (excluding diaryl/α,β-unsaturated/α-hetero) is 1. The first kappa shape index (κ1) is 19.4. The molecule has 29 heavy (non-hydrogen) atoms. The number of halogens is 1. The van der Waals surface area contributed by atoms with Crippen LogP contribution in [0.25, 0.3) is 0 Å². The van der Waals surface area contributed by atoms with Gasteiger partial charge in [-0.25, -0.2) is 0 Å². The number of fused-ring (bicyclic) bond motifs is 1. The van der Waals surface area contributed by atoms with Gasteiger partial charge in [0.25, 0.3) is 0 Å². The van der Waals surface area contributed by atoms with Gasteiger partial charge in [0.05, 0.1) is 27.0 Å². The molecule has 8 heteroatoms. The monoisotopic (exact) mass is 417 g/mol. The van der Waals surface area contributed by atoms with Gasteiger partial charge in [-0.15, -0.1) is 0 Å². The first-order valence-electron chi connectivity index (χ1n) is 9.12. The number of rotatable bonds is 5. The van der Waals surface area contributed by atoms with Gasteiger partial charge < -0.3 is 23.9 Å². The second-order valence-corrected chi connectivity index (χ2v) is 7.42. The van der Waals surface area contributed by atoms with Crippen molar-refractivity contribution >= 4 is 23.2 Å². The van der Waals surface area contributed by atoms with Crippen LogP contribution in [-0.2, 0) is 11.3 Å². The minimum absolute atomic E-state index is 0.119. The third-order valence-corrected chi connectivity index (χ3v) is 5.74. The lowest BCUT2D eigenvalue weighted by Gasteiger charge is -2.35. The van der Waals surface area contributed by atoms with Crippen LogP contribution < -0.4 is 19.5 Å². The number of hydrogen-bond acceptors (Lipinski definition) is 7. The molecule has 2 atom stereocenters. The number of benzene rings is 1. The number of hydrogen-bond donors (Lipinski definition) is 1. The molecule has 1 N–H and O–H groups in total. The van der Waals surface area contributed by atoms with Crippen LogP contribution in [0.15, 0.2) is 40.7 Å². The molecule has 0 saturated heterocycles. The summed E-state index contributed by atoms with van der Waals surface area (Å²) in [6, 6.07) is 5.15. The fourth-order valence-corrected chi connectivity index (χ4v) is 4.13. The van der Waals surface area contributed by atoms with Crippen molar-refractivity contribution in [3.05, 3.63) is 52.6 Å². The van der Waals surface area contributed by atoms with Crippen molar-refractivity contribution in [2.45, 2.75) is 25.5 Å². The van der Waals surface area contributed by atoms with E-state index in [-0.39, 0.29) is 22.1 Å². The van der Waals surface area contributed by atoms with Crippen LogP contribution in [0.5, 0.6) is 17.2 Å². The molecular formula is C21H20ClNO6. The zero-order chi connectivity index (χ0) is 20.8. The summed E-state index contributed by atoms with van der Waals surface area (Å²) in [6.07, 6.45) is 3.45. The highest BCUT2D eigenvalue weighted by atomic mass is 35.5. The molecule has 0 bridgehead atoms. The maximum absolute atomic E-state index is 13.4. The minimum atomic E-state index is -1.67. The van der Waals surface area contributed by atoms with Crippen LogP contribution in [0.1, 0.15) is 29.5 Å². The largest absolute Gasteiger partial charge is 0.496 e. The topological polar surface area (TPSA) is 87.0 Å². The number of methoxy groups -OCH3 is 2. The van der Waals surface area contributed by atoms with Gasteiger partial charge in [-0.05, 0) is 18.6 Å². The Morgan fingerprint density at radius 2 is 2.03 bits per heavy atom. The number of ether oxygens (including phenoxy) is 3. The molecule has 1 aliphatic heterocycles. The maximum Gasteiger partial charge on any atom is 0.236 e. The summed E-state index contributed by atoms with van der Waals surface area (Å²) in [7, 11) is 2.89. The van der Waals surface area contributed by atoms with Gasteiger partial charge in [0.15, 0.2) is 5.75 Å². The quantitative estimate of drug-likeness (QED) is 0.744. The maximum atomic E-state index is 13.4. The normalized spacial score (nSPS) is 22.9. The molecule has 0 amide bonds. The van der Waals surface area contributed by atoms with Crippen molar-refractivity contribution < 1.29 is 28.2 Å². The molecule has 2 aliphatic rings. The molecule has 0 fully saturated rings. The second kappa shape index (κ2) is 7.15. The average molecular weight is 418 g/mol. The summed E-state index contributed by atoms with van der Waals surface area (Å²) in [5, 5.41) is 3.33. The van der Waals surface area contributed by atoms with Crippen LogP contribution in [0, 0.1) is 5.92 Å². The molecular weight excluding hydrogens is 398 g/mol. The van der Waals surface area contributed by atoms with E-state index in [2.05, 4.69) is 5.32 Å². The summed E-state index contributed by atoms with van der Waals surface area (Å²) in [6.45, 7) is 2.25. The van der Waals surface area contributed by atoms with Crippen molar-refractivity contribution in [3.8, 4) is 17.2 Å². The summed E-state index contributed by atoms with van der Waals surface area (Å²) < 4.78 is 21.9. The van der Waals surface area contributed by atoms with Crippen molar-refractivity contribution in [2.24, 2.45) is 5.92 Å². The van der Waals surface area contributed by atoms with E-state index in [4.69, 9.17) is 30.2 Å². The number of furan rings is 1. The lowest BCUT2D eigenvalue weighted by molar-refractivity contribution is -0.129. The smallest absolute Gasteiger partial charge is 0.236 e. The predicted molar refractivity (Wildman–Crippen MR) is 105 cm³/mol. The molecule has 2 heterocycles. The average Bonchev–Trinajstić information content (AvgIpc) is 3.33. The Labute approximate surface area is 172 Å². The Morgan fingerprint density at radius 3 is 2.66 bits per heavy atom. The van der Waals surface area contributed by atoms with Gasteiger partial charge in [-0.2, -0.15) is 0 Å². The molecule has 1 spiro atoms. The Balaban J connectivity index is 1.68. The van der Waals surface area contributed by atoms with E-state index in [0.717, 1.165) is 5.76 Å². The van der Waals surface area contributed by atoms with Crippen LogP contribution >= 0.6 is 11.6 Å². The number of nitrogens with one attached hydrogen (secondary N) is 1. The van der Waals surface area contributed by atoms with Crippen molar-refractivity contribution in [2.75, 3.05) is 14.2 Å². The fourth-order valence-electron chi connectivity index (χ4n) is 3.87. The Hall–Kier alpha value is -2.93. The molecule has 1 aliphatic carbocycles. The lowest BCUT2D eigenvalue weighted by atomic mass is 9.74. The zero-order valence-electron chi connectivity index (χ0n) is 16.2. The van der Waals surface area contributed by atoms with Gasteiger partial charge in [0, 0.05) is 23.8 Å². The van der Waals surface area contributed by atoms with E-state index in [0.29, 0.717) is 24.4 Å². The van der Waals surface area contributed by atoms with E-state index >= 15 is 0 Å². The molecule has 7 nitrogen and oxygen atoms in total. The molecule has 1 aromatic heterocycles. The molecule has 152 valence electrons. The molecule has 0 saturated carbocycles. The van der Waals surface area contributed by atoms with Gasteiger partial charge in [0.1, 0.15) is 27.8 Å². The minimum Gasteiger partial charge on any atom is -0.496 e. The molecule has 1 aromatic carbocycles. The number of carbonyl (C=O) groups is 2. The number of carbonyl (C=O) groups excluding carboxylic acids is 2. The summed E-state index contributed by atoms with van der Waals surface area (Å²) in [5.41, 5.74) is -0.784. The van der Waals surface area contributed by atoms with E-state index in [1.807, 2.05) is 6.07 Å². The standard InChI is InChI=1S/C21H20ClNO6/c1-11-7-12(23-10-13-5-4-6-28-13)8-16(24)21(11)20(25)17-14(26-2)9-15(27-3)18(22)19(17)29-21/h4-6,8-9,11,23H,7,10H2,1-3H3. The highest BCUT2D eigenvalue weighted by Crippen LogP contribution is 2.52. The summed E-state index contributed by atoms with van der Waals surface area (Å²) in [5.74, 6) is 0.118. The van der Waals surface area contributed by atoms with Gasteiger partial charge in [0.2, 0.25) is 17.2 Å². The van der Waals surface area contributed by atoms with Gasteiger partial charge in [-0.3, -0.25) is 9.59 Å². The van der Waals surface area contributed by atoms with Crippen LogP contribution in [-0.4, -0.2) is 31.4 Å². The SMILES string of the molecule is COc1cc(OC)c2c(c1Cl)OC1(C(=O)C=C(NCc3ccco3)CC1C)C2=O. The molecule has 2 aromatic rings. The summed E-state index contributed by atoms with van der Waals surface area (Å²) >= 11 is 6.37. The Bertz CT molecular complexity index is 1010. The van der Waals surface area contributed by atoms with Crippen molar-refractivity contribution in [1.82, 2.24) is 5.32 Å². The number of ketones is 2. The zero-order valence-corrected chi connectivity index (χ0v) is 17.0. The predicted octanol–water partition coefficient (Wildman–Crippen LogP) is 3.55. The molecule has 0 radical (unpaired) electrons. The van der Waals surface area contributed by atoms with E-state index < -0.39 is 23.1 Å². The first-order chi connectivity index (χ1) is 13.9. The van der Waals surface area contributed by atoms with Gasteiger partial charge in [-0.1, -0.05) is 18.5 Å². The Morgan fingerprint density at radius 1 is 1.28 bits per heavy atom. The molecule has 4 rings (SSSR count). The number of allylic oxidation sites excluding steroid dienone is 1. The fraction of sp³-hybridized carbons (Fsp3) is 0.333. The third kappa shape index (κ3) is 2.88. The Kier molecular flexibility index (Phi) is 4.78. The second-order valence-electron chi connectivity index (χ2n) is 7.04. The van der Waals surface area contributed by atoms with E-state index in [9.17, 15) is 9.59 Å². The van der Waals surface area contributed by atoms with Crippen LogP contribution in [0.4, 0.5) is 0 Å². The lowest BCUT2D eigenvalue weighted by Crippen LogP contribution is -2.55. The van der Waals surface area contributed by atoms with Gasteiger partial charge >= 0.3 is 0 Å². The third-order valence-electron chi connectivity index (χ3n) is 5.38. The van der Waals surface area contributed by atoms with Crippen molar-refractivity contribution in [3.63, 3.8) is 0 Å². The first-order valence-corrected chi connectivity index (χ1v) is 9.49. The van der Waals surface area contributed by atoms with E-state index in [1.54, 1.807) is 19.3 Å². The van der Waals surface area contributed by atoms with Crippen LogP contribution in [0.3, 0.4) is 0 Å². The van der Waals surface area contributed by atoms with Crippen molar-refractivity contribution in [1.29, 1.82) is 0 Å². The molecule has 2 unspecified atom stereocenters. The van der Waals surface area contributed by atoms with E-state index in [1.165, 1.54) is 26.4 Å². The van der Waals surface area contributed by atoms with Crippen LogP contribution in [0.2, 0.25) is 5.02 Å². The highest BCUT2D eigenvalue weighted by Gasteiger charge is 2.60. The summed E-state index contributed by atoms with van der Waals surface area (Å²) in [4.78, 5) is 26.5. The highest BCUT2D eigenvalue weighted by molar-refractivity contribution is 6.36.